The maximum absolute atomic E-state index is 11.6. The Morgan fingerprint density at radius 1 is 0.767 bits per heavy atom. The van der Waals surface area contributed by atoms with E-state index in [0.29, 0.717) is 12.1 Å². The van der Waals surface area contributed by atoms with Crippen LogP contribution >= 0.6 is 0 Å². The molecule has 0 amide bonds. The van der Waals surface area contributed by atoms with Gasteiger partial charge in [0.1, 0.15) is 0 Å². The summed E-state index contributed by atoms with van der Waals surface area (Å²) in [6, 6.07) is 0.740. The average molecular weight is 430 g/mol. The average Bonchev–Trinajstić information content (AvgIpc) is 2.69. The third kappa shape index (κ3) is 17.6. The van der Waals surface area contributed by atoms with Crippen molar-refractivity contribution in [3.8, 4) is 0 Å². The van der Waals surface area contributed by atoms with Crippen molar-refractivity contribution in [2.45, 2.75) is 129 Å². The molecule has 0 rings (SSSR count). The SMILES string of the molecule is C=CCCCCCCC(CCC)N(CC(=O)[O-])C(CCC)CCCCCCC=C.[Na+]. The van der Waals surface area contributed by atoms with E-state index in [1.165, 1.54) is 51.4 Å². The third-order valence-electron chi connectivity index (χ3n) is 5.88. The van der Waals surface area contributed by atoms with Crippen molar-refractivity contribution in [2.75, 3.05) is 6.54 Å². The summed E-state index contributed by atoms with van der Waals surface area (Å²) in [6.45, 7) is 12.1. The van der Waals surface area contributed by atoms with Gasteiger partial charge in [0, 0.05) is 18.6 Å². The first-order valence-electron chi connectivity index (χ1n) is 12.3. The summed E-state index contributed by atoms with van der Waals surface area (Å²) < 4.78 is 0. The van der Waals surface area contributed by atoms with Crippen LogP contribution in [0.2, 0.25) is 0 Å². The van der Waals surface area contributed by atoms with Crippen LogP contribution in [0.1, 0.15) is 117 Å². The molecule has 2 unspecified atom stereocenters. The van der Waals surface area contributed by atoms with Gasteiger partial charge in [-0.1, -0.05) is 77.4 Å². The van der Waals surface area contributed by atoms with E-state index in [-0.39, 0.29) is 36.1 Å². The molecule has 0 aromatic rings. The summed E-state index contributed by atoms with van der Waals surface area (Å²) in [7, 11) is 0. The number of hydrogen-bond donors (Lipinski definition) is 0. The molecule has 0 saturated carbocycles. The van der Waals surface area contributed by atoms with Crippen LogP contribution in [-0.2, 0) is 4.79 Å². The van der Waals surface area contributed by atoms with Crippen LogP contribution in [0.4, 0.5) is 0 Å². The minimum absolute atomic E-state index is 0. The molecule has 0 aromatic heterocycles. The number of hydrogen-bond acceptors (Lipinski definition) is 3. The van der Waals surface area contributed by atoms with Gasteiger partial charge in [-0.05, 0) is 51.4 Å². The quantitative estimate of drug-likeness (QED) is 0.150. The first kappa shape index (κ1) is 32.1. The Morgan fingerprint density at radius 2 is 1.17 bits per heavy atom. The molecule has 3 nitrogen and oxygen atoms in total. The smallest absolute Gasteiger partial charge is 0.549 e. The fourth-order valence-corrected chi connectivity index (χ4v) is 4.37. The normalized spacial score (nSPS) is 12.9. The third-order valence-corrected chi connectivity index (χ3v) is 5.88. The van der Waals surface area contributed by atoms with Gasteiger partial charge in [-0.3, -0.25) is 4.90 Å². The molecule has 0 heterocycles. The minimum Gasteiger partial charge on any atom is -0.549 e. The summed E-state index contributed by atoms with van der Waals surface area (Å²) in [6.07, 6.45) is 22.5. The molecule has 30 heavy (non-hydrogen) atoms. The van der Waals surface area contributed by atoms with Crippen molar-refractivity contribution >= 4 is 5.97 Å². The number of unbranched alkanes of at least 4 members (excludes halogenated alkanes) is 8. The number of carbonyl (C=O) groups is 1. The van der Waals surface area contributed by atoms with Crippen molar-refractivity contribution in [1.29, 1.82) is 0 Å². The Hall–Kier alpha value is -0.0900. The van der Waals surface area contributed by atoms with Crippen LogP contribution < -0.4 is 34.7 Å². The van der Waals surface area contributed by atoms with Crippen LogP contribution in [0.5, 0.6) is 0 Å². The van der Waals surface area contributed by atoms with Crippen LogP contribution in [0.25, 0.3) is 0 Å². The number of nitrogens with zero attached hydrogens (tertiary/aromatic N) is 1. The topological polar surface area (TPSA) is 43.4 Å². The Balaban J connectivity index is 0. The van der Waals surface area contributed by atoms with Gasteiger partial charge in [-0.25, -0.2) is 0 Å². The van der Waals surface area contributed by atoms with Gasteiger partial charge in [0.25, 0.3) is 0 Å². The van der Waals surface area contributed by atoms with E-state index in [2.05, 4.69) is 31.9 Å². The van der Waals surface area contributed by atoms with Gasteiger partial charge in [-0.2, -0.15) is 0 Å². The molecular weight excluding hydrogens is 381 g/mol. The molecule has 0 radical (unpaired) electrons. The summed E-state index contributed by atoms with van der Waals surface area (Å²) in [5, 5.41) is 11.6. The zero-order valence-corrected chi connectivity index (χ0v) is 22.5. The zero-order chi connectivity index (χ0) is 21.7. The number of allylic oxidation sites excluding steroid dienone is 2. The fourth-order valence-electron chi connectivity index (χ4n) is 4.37. The minimum atomic E-state index is -0.927. The molecule has 0 fully saturated rings. The second-order valence-electron chi connectivity index (χ2n) is 8.49. The van der Waals surface area contributed by atoms with Gasteiger partial charge in [0.15, 0.2) is 0 Å². The molecule has 0 N–H and O–H groups in total. The van der Waals surface area contributed by atoms with E-state index in [9.17, 15) is 9.90 Å². The number of carboxylic acid groups (broad SMARTS) is 1. The van der Waals surface area contributed by atoms with Gasteiger partial charge < -0.3 is 9.90 Å². The summed E-state index contributed by atoms with van der Waals surface area (Å²) in [5.74, 6) is -0.927. The Bertz CT molecular complexity index is 384. The molecule has 0 aliphatic heterocycles. The summed E-state index contributed by atoms with van der Waals surface area (Å²) in [5.41, 5.74) is 0. The van der Waals surface area contributed by atoms with Crippen molar-refractivity contribution in [3.05, 3.63) is 25.3 Å². The molecule has 0 aromatic carbocycles. The van der Waals surface area contributed by atoms with Crippen molar-refractivity contribution in [2.24, 2.45) is 0 Å². The van der Waals surface area contributed by atoms with Gasteiger partial charge in [-0.15, -0.1) is 13.2 Å². The first-order chi connectivity index (χ1) is 14.1. The van der Waals surface area contributed by atoms with Crippen molar-refractivity contribution in [1.82, 2.24) is 4.90 Å². The Kier molecular flexibility index (Phi) is 25.2. The number of rotatable bonds is 22. The molecule has 2 atom stereocenters. The fraction of sp³-hybridized carbons (Fsp3) is 0.808. The summed E-state index contributed by atoms with van der Waals surface area (Å²) >= 11 is 0. The second-order valence-corrected chi connectivity index (χ2v) is 8.49. The Labute approximate surface area is 210 Å². The molecule has 4 heteroatoms. The molecule has 0 spiro atoms. The molecular formula is C26H48NNaO2. The van der Waals surface area contributed by atoms with E-state index in [4.69, 9.17) is 0 Å². The number of carbonyl (C=O) groups excluding carboxylic acids is 1. The van der Waals surface area contributed by atoms with Crippen LogP contribution in [0, 0.1) is 0 Å². The van der Waals surface area contributed by atoms with Crippen LogP contribution in [0.3, 0.4) is 0 Å². The van der Waals surface area contributed by atoms with E-state index in [1.54, 1.807) is 0 Å². The standard InChI is InChI=1S/C26H49NO2.Na/c1-5-9-11-13-15-17-21-24(19-7-3)27(23-26(28)29)25(20-8-4)22-18-16-14-12-10-6-2;/h5-6,24-25H,1-2,7-23H2,3-4H3,(H,28,29);/q;+1/p-1. The van der Waals surface area contributed by atoms with E-state index >= 15 is 0 Å². The second kappa shape index (κ2) is 23.6. The van der Waals surface area contributed by atoms with Crippen LogP contribution in [-0.4, -0.2) is 29.5 Å². The molecule has 0 saturated heterocycles. The molecule has 170 valence electrons. The van der Waals surface area contributed by atoms with Crippen molar-refractivity contribution in [3.63, 3.8) is 0 Å². The maximum Gasteiger partial charge on any atom is 1.00 e. The summed E-state index contributed by atoms with van der Waals surface area (Å²) in [4.78, 5) is 13.9. The van der Waals surface area contributed by atoms with E-state index in [1.807, 2.05) is 12.2 Å². The van der Waals surface area contributed by atoms with Gasteiger partial charge in [0.2, 0.25) is 0 Å². The number of carboxylic acids is 1. The Morgan fingerprint density at radius 3 is 1.50 bits per heavy atom. The van der Waals surface area contributed by atoms with Gasteiger partial charge >= 0.3 is 29.6 Å². The van der Waals surface area contributed by atoms with E-state index < -0.39 is 5.97 Å². The molecule has 0 aliphatic carbocycles. The van der Waals surface area contributed by atoms with Gasteiger partial charge in [0.05, 0.1) is 5.97 Å². The first-order valence-corrected chi connectivity index (χ1v) is 12.3. The molecule has 0 bridgehead atoms. The molecule has 0 aliphatic rings. The van der Waals surface area contributed by atoms with E-state index in [0.717, 1.165) is 51.4 Å². The monoisotopic (exact) mass is 429 g/mol. The maximum atomic E-state index is 11.6. The predicted octanol–water partition coefficient (Wildman–Crippen LogP) is 3.43. The number of aliphatic carboxylic acids is 1. The van der Waals surface area contributed by atoms with Crippen LogP contribution in [0.15, 0.2) is 25.3 Å². The zero-order valence-electron chi connectivity index (χ0n) is 20.5. The van der Waals surface area contributed by atoms with Crippen molar-refractivity contribution < 1.29 is 39.5 Å². The largest absolute Gasteiger partial charge is 1.00 e. The predicted molar refractivity (Wildman–Crippen MR) is 125 cm³/mol.